The van der Waals surface area contributed by atoms with E-state index in [9.17, 15) is 5.11 Å². The van der Waals surface area contributed by atoms with Gasteiger partial charge in [0.05, 0.1) is 7.11 Å². The van der Waals surface area contributed by atoms with E-state index in [-0.39, 0.29) is 0 Å². The van der Waals surface area contributed by atoms with E-state index in [4.69, 9.17) is 4.74 Å². The van der Waals surface area contributed by atoms with Crippen molar-refractivity contribution >= 4 is 0 Å². The lowest BCUT2D eigenvalue weighted by Gasteiger charge is -2.27. The number of phenols is 1. The summed E-state index contributed by atoms with van der Waals surface area (Å²) in [6, 6.07) is 3.84. The Morgan fingerprint density at radius 2 is 2.06 bits per heavy atom. The second kappa shape index (κ2) is 5.38. The third-order valence-electron chi connectivity index (χ3n) is 3.23. The van der Waals surface area contributed by atoms with Crippen molar-refractivity contribution in [2.75, 3.05) is 33.3 Å². The van der Waals surface area contributed by atoms with Crippen LogP contribution in [0.25, 0.3) is 0 Å². The monoisotopic (exact) mass is 236 g/mol. The lowest BCUT2D eigenvalue weighted by molar-refractivity contribution is 0.232. The van der Waals surface area contributed by atoms with E-state index in [2.05, 4.69) is 10.2 Å². The first-order chi connectivity index (χ1) is 8.20. The van der Waals surface area contributed by atoms with Crippen LogP contribution in [-0.4, -0.2) is 43.3 Å². The average molecular weight is 236 g/mol. The van der Waals surface area contributed by atoms with Gasteiger partial charge >= 0.3 is 0 Å². The Hall–Kier alpha value is -1.26. The fourth-order valence-electron chi connectivity index (χ4n) is 2.16. The minimum absolute atomic E-state index is 0.314. The van der Waals surface area contributed by atoms with Crippen LogP contribution >= 0.6 is 0 Å². The first-order valence-electron chi connectivity index (χ1n) is 6.00. The molecule has 0 unspecified atom stereocenters. The summed E-state index contributed by atoms with van der Waals surface area (Å²) in [7, 11) is 1.64. The fraction of sp³-hybridized carbons (Fsp3) is 0.538. The van der Waals surface area contributed by atoms with Gasteiger partial charge in [-0.05, 0) is 24.6 Å². The number of nitrogens with zero attached hydrogens (tertiary/aromatic N) is 1. The molecule has 4 nitrogen and oxygen atoms in total. The molecule has 1 fully saturated rings. The van der Waals surface area contributed by atoms with Gasteiger partial charge in [0, 0.05) is 38.3 Å². The van der Waals surface area contributed by atoms with Crippen molar-refractivity contribution in [2.45, 2.75) is 13.5 Å². The van der Waals surface area contributed by atoms with Gasteiger partial charge in [0.1, 0.15) is 11.5 Å². The van der Waals surface area contributed by atoms with Crippen LogP contribution in [0.1, 0.15) is 11.1 Å². The summed E-state index contributed by atoms with van der Waals surface area (Å²) in [4.78, 5) is 2.38. The van der Waals surface area contributed by atoms with Crippen LogP contribution in [0, 0.1) is 6.92 Å². The van der Waals surface area contributed by atoms with Crippen LogP contribution in [0.5, 0.6) is 11.5 Å². The molecule has 0 bridgehead atoms. The highest BCUT2D eigenvalue weighted by molar-refractivity contribution is 5.46. The van der Waals surface area contributed by atoms with E-state index >= 15 is 0 Å². The van der Waals surface area contributed by atoms with Gasteiger partial charge in [-0.15, -0.1) is 0 Å². The number of aromatic hydroxyl groups is 1. The van der Waals surface area contributed by atoms with E-state index in [0.717, 1.165) is 49.6 Å². The van der Waals surface area contributed by atoms with E-state index < -0.39 is 0 Å². The zero-order valence-corrected chi connectivity index (χ0v) is 10.5. The summed E-state index contributed by atoms with van der Waals surface area (Å²) in [5.41, 5.74) is 1.91. The molecule has 4 heteroatoms. The van der Waals surface area contributed by atoms with Gasteiger partial charge in [0.2, 0.25) is 0 Å². The number of piperazine rings is 1. The van der Waals surface area contributed by atoms with Crippen molar-refractivity contribution in [1.82, 2.24) is 10.2 Å². The van der Waals surface area contributed by atoms with E-state index in [1.807, 2.05) is 19.1 Å². The van der Waals surface area contributed by atoms with Crippen molar-refractivity contribution in [3.05, 3.63) is 23.3 Å². The molecule has 0 radical (unpaired) electrons. The SMILES string of the molecule is COc1cc(CN2CCNCC2)cc(O)c1C. The predicted molar refractivity (Wildman–Crippen MR) is 67.5 cm³/mol. The maximum atomic E-state index is 9.83. The number of nitrogens with one attached hydrogen (secondary N) is 1. The third-order valence-corrected chi connectivity index (χ3v) is 3.23. The molecule has 17 heavy (non-hydrogen) atoms. The smallest absolute Gasteiger partial charge is 0.125 e. The number of benzene rings is 1. The lowest BCUT2D eigenvalue weighted by atomic mass is 10.1. The Morgan fingerprint density at radius 1 is 1.35 bits per heavy atom. The topological polar surface area (TPSA) is 44.7 Å². The lowest BCUT2D eigenvalue weighted by Crippen LogP contribution is -2.42. The minimum Gasteiger partial charge on any atom is -0.508 e. The second-order valence-electron chi connectivity index (χ2n) is 4.47. The first kappa shape index (κ1) is 12.2. The van der Waals surface area contributed by atoms with Crippen molar-refractivity contribution in [2.24, 2.45) is 0 Å². The molecule has 1 saturated heterocycles. The molecule has 1 aromatic carbocycles. The molecule has 1 heterocycles. The molecule has 94 valence electrons. The van der Waals surface area contributed by atoms with Gasteiger partial charge in [-0.2, -0.15) is 0 Å². The van der Waals surface area contributed by atoms with Crippen LogP contribution < -0.4 is 10.1 Å². The van der Waals surface area contributed by atoms with Crippen molar-refractivity contribution in [3.63, 3.8) is 0 Å². The van der Waals surface area contributed by atoms with E-state index in [1.54, 1.807) is 7.11 Å². The van der Waals surface area contributed by atoms with Gasteiger partial charge in [0.15, 0.2) is 0 Å². The minimum atomic E-state index is 0.314. The van der Waals surface area contributed by atoms with Gasteiger partial charge in [0.25, 0.3) is 0 Å². The summed E-state index contributed by atoms with van der Waals surface area (Å²) >= 11 is 0. The van der Waals surface area contributed by atoms with Crippen molar-refractivity contribution in [3.8, 4) is 11.5 Å². The van der Waals surface area contributed by atoms with Crippen molar-refractivity contribution < 1.29 is 9.84 Å². The molecule has 1 aromatic rings. The van der Waals surface area contributed by atoms with Crippen molar-refractivity contribution in [1.29, 1.82) is 0 Å². The zero-order valence-electron chi connectivity index (χ0n) is 10.5. The number of hydrogen-bond donors (Lipinski definition) is 2. The number of rotatable bonds is 3. The highest BCUT2D eigenvalue weighted by Crippen LogP contribution is 2.29. The van der Waals surface area contributed by atoms with Gasteiger partial charge in [-0.3, -0.25) is 4.90 Å². The molecule has 1 aliphatic rings. The number of hydrogen-bond acceptors (Lipinski definition) is 4. The molecular weight excluding hydrogens is 216 g/mol. The molecule has 0 aromatic heterocycles. The second-order valence-corrected chi connectivity index (χ2v) is 4.47. The molecule has 0 aliphatic carbocycles. The molecule has 0 amide bonds. The van der Waals surface area contributed by atoms with Gasteiger partial charge in [-0.25, -0.2) is 0 Å². The van der Waals surface area contributed by atoms with Crippen LogP contribution in [0.3, 0.4) is 0 Å². The molecule has 0 spiro atoms. The Morgan fingerprint density at radius 3 is 2.71 bits per heavy atom. The Balaban J connectivity index is 2.12. The molecule has 0 saturated carbocycles. The highest BCUT2D eigenvalue weighted by Gasteiger charge is 2.12. The molecular formula is C13H20N2O2. The largest absolute Gasteiger partial charge is 0.508 e. The summed E-state index contributed by atoms with van der Waals surface area (Å²) in [6.45, 7) is 6.91. The van der Waals surface area contributed by atoms with E-state index in [0.29, 0.717) is 5.75 Å². The van der Waals surface area contributed by atoms with Crippen LogP contribution in [0.15, 0.2) is 12.1 Å². The summed E-state index contributed by atoms with van der Waals surface area (Å²) in [5.74, 6) is 1.07. The number of methoxy groups -OCH3 is 1. The summed E-state index contributed by atoms with van der Waals surface area (Å²) in [6.07, 6.45) is 0. The number of phenolic OH excluding ortho intramolecular Hbond substituents is 1. The fourth-order valence-corrected chi connectivity index (χ4v) is 2.16. The first-order valence-corrected chi connectivity index (χ1v) is 6.00. The molecule has 0 atom stereocenters. The average Bonchev–Trinajstić information content (AvgIpc) is 2.35. The zero-order chi connectivity index (χ0) is 12.3. The summed E-state index contributed by atoms with van der Waals surface area (Å²) < 4.78 is 5.26. The summed E-state index contributed by atoms with van der Waals surface area (Å²) in [5, 5.41) is 13.2. The normalized spacial score (nSPS) is 17.1. The highest BCUT2D eigenvalue weighted by atomic mass is 16.5. The Labute approximate surface area is 102 Å². The predicted octanol–water partition coefficient (Wildman–Crippen LogP) is 1.11. The van der Waals surface area contributed by atoms with Gasteiger partial charge in [-0.1, -0.05) is 0 Å². The van der Waals surface area contributed by atoms with Gasteiger partial charge < -0.3 is 15.2 Å². The van der Waals surface area contributed by atoms with E-state index in [1.165, 1.54) is 0 Å². The maximum Gasteiger partial charge on any atom is 0.125 e. The maximum absolute atomic E-state index is 9.83. The van der Waals surface area contributed by atoms with Crippen LogP contribution in [0.2, 0.25) is 0 Å². The quantitative estimate of drug-likeness (QED) is 0.825. The third kappa shape index (κ3) is 2.90. The number of ether oxygens (including phenoxy) is 1. The molecule has 1 aliphatic heterocycles. The Bertz CT molecular complexity index is 387. The molecule has 2 rings (SSSR count). The standard InChI is InChI=1S/C13H20N2O2/c1-10-12(16)7-11(8-13(10)17-2)9-15-5-3-14-4-6-15/h7-8,14,16H,3-6,9H2,1-2H3. The van der Waals surface area contributed by atoms with Crippen LogP contribution in [-0.2, 0) is 6.54 Å². The Kier molecular flexibility index (Phi) is 3.86. The molecule has 2 N–H and O–H groups in total. The van der Waals surface area contributed by atoms with Crippen LogP contribution in [0.4, 0.5) is 0 Å².